The van der Waals surface area contributed by atoms with Crippen molar-refractivity contribution in [2.45, 2.75) is 6.67 Å². The Kier molecular flexibility index (Phi) is 2.64. The summed E-state index contributed by atoms with van der Waals surface area (Å²) in [4.78, 5) is 11.9. The molecule has 0 N–H and O–H groups in total. The zero-order valence-electron chi connectivity index (χ0n) is 7.87. The van der Waals surface area contributed by atoms with Gasteiger partial charge in [-0.1, -0.05) is 11.6 Å². The molecule has 0 aromatic carbocycles. The number of fused-ring (bicyclic) bond motifs is 1. The first-order chi connectivity index (χ1) is 7.24. The molecule has 2 aromatic heterocycles. The van der Waals surface area contributed by atoms with Crippen molar-refractivity contribution in [3.63, 3.8) is 0 Å². The number of pyridine rings is 1. The second-order valence-corrected chi connectivity index (χ2v) is 3.17. The van der Waals surface area contributed by atoms with Gasteiger partial charge in [0.2, 0.25) is 5.88 Å². The predicted octanol–water partition coefficient (Wildman–Crippen LogP) is 2.16. The van der Waals surface area contributed by atoms with Crippen LogP contribution in [-0.4, -0.2) is 22.1 Å². The minimum Gasteiger partial charge on any atom is -0.481 e. The van der Waals surface area contributed by atoms with E-state index in [1.54, 1.807) is 6.07 Å². The van der Waals surface area contributed by atoms with Crippen LogP contribution in [0.25, 0.3) is 11.0 Å². The summed E-state index contributed by atoms with van der Waals surface area (Å²) in [7, 11) is 1.49. The number of hydrogen-bond donors (Lipinski definition) is 0. The van der Waals surface area contributed by atoms with Crippen LogP contribution < -0.4 is 4.74 Å². The fraction of sp³-hybridized carbons (Fsp3) is 0.222. The minimum absolute atomic E-state index is 0.0666. The normalized spacial score (nSPS) is 10.6. The maximum Gasteiger partial charge on any atom is 0.215 e. The average molecular weight is 228 g/mol. The number of nitrogens with zero attached hydrogens (tertiary/aromatic N) is 3. The maximum absolute atomic E-state index is 12.5. The van der Waals surface area contributed by atoms with Crippen LogP contribution >= 0.6 is 11.6 Å². The predicted molar refractivity (Wildman–Crippen MR) is 53.7 cm³/mol. The summed E-state index contributed by atoms with van der Waals surface area (Å²) in [5, 5.41) is 0.0666. The van der Waals surface area contributed by atoms with Crippen molar-refractivity contribution in [3.05, 3.63) is 23.1 Å². The molecule has 0 saturated carbocycles. The monoisotopic (exact) mass is 227 g/mol. The van der Waals surface area contributed by atoms with E-state index in [1.165, 1.54) is 13.3 Å². The molecule has 0 unspecified atom stereocenters. The van der Waals surface area contributed by atoms with Crippen molar-refractivity contribution in [1.82, 2.24) is 15.0 Å². The molecule has 2 aromatic rings. The van der Waals surface area contributed by atoms with Crippen LogP contribution in [0.3, 0.4) is 0 Å². The summed E-state index contributed by atoms with van der Waals surface area (Å²) in [5.41, 5.74) is 1.15. The molecule has 0 aliphatic rings. The summed E-state index contributed by atoms with van der Waals surface area (Å²) in [6.45, 7) is -0.744. The number of hydrogen-bond acceptors (Lipinski definition) is 4. The molecule has 0 amide bonds. The van der Waals surface area contributed by atoms with E-state index >= 15 is 0 Å². The third-order valence-electron chi connectivity index (χ3n) is 1.88. The van der Waals surface area contributed by atoms with Gasteiger partial charge in [0.05, 0.1) is 18.8 Å². The molecule has 0 radical (unpaired) electrons. The Morgan fingerprint density at radius 2 is 2.20 bits per heavy atom. The Morgan fingerprint density at radius 1 is 1.40 bits per heavy atom. The number of aromatic nitrogens is 3. The second kappa shape index (κ2) is 3.94. The summed E-state index contributed by atoms with van der Waals surface area (Å²) in [6, 6.07) is 1.58. The molecule has 0 aliphatic heterocycles. The molecule has 0 bridgehead atoms. The molecule has 6 heteroatoms. The lowest BCUT2D eigenvalue weighted by Crippen LogP contribution is -1.95. The van der Waals surface area contributed by atoms with Crippen LogP contribution in [0, 0.1) is 0 Å². The van der Waals surface area contributed by atoms with E-state index in [-0.39, 0.29) is 10.8 Å². The van der Waals surface area contributed by atoms with Gasteiger partial charge >= 0.3 is 0 Å². The molecule has 15 heavy (non-hydrogen) atoms. The lowest BCUT2D eigenvalue weighted by Gasteiger charge is -2.03. The summed E-state index contributed by atoms with van der Waals surface area (Å²) < 4.78 is 17.4. The Labute approximate surface area is 90.1 Å². The molecule has 4 nitrogen and oxygen atoms in total. The standard InChI is InChI=1S/C9H7ClFN3O/c1-15-8-2-5-7(4-12-8)14-9(10)6(3-11)13-5/h2,4H,3H2,1H3. The molecule has 0 saturated heterocycles. The van der Waals surface area contributed by atoms with Gasteiger partial charge in [-0.05, 0) is 0 Å². The highest BCUT2D eigenvalue weighted by Crippen LogP contribution is 2.19. The van der Waals surface area contributed by atoms with E-state index < -0.39 is 6.67 Å². The average Bonchev–Trinajstić information content (AvgIpc) is 2.27. The first-order valence-corrected chi connectivity index (χ1v) is 4.54. The van der Waals surface area contributed by atoms with Gasteiger partial charge in [0, 0.05) is 6.07 Å². The van der Waals surface area contributed by atoms with Gasteiger partial charge in [-0.25, -0.2) is 19.3 Å². The van der Waals surface area contributed by atoms with Crippen molar-refractivity contribution in [3.8, 4) is 5.88 Å². The number of ether oxygens (including phenoxy) is 1. The van der Waals surface area contributed by atoms with Crippen molar-refractivity contribution >= 4 is 22.6 Å². The first kappa shape index (κ1) is 10.0. The van der Waals surface area contributed by atoms with E-state index in [1.807, 2.05) is 0 Å². The van der Waals surface area contributed by atoms with Crippen molar-refractivity contribution in [2.75, 3.05) is 7.11 Å². The van der Waals surface area contributed by atoms with E-state index in [0.717, 1.165) is 0 Å². The van der Waals surface area contributed by atoms with Gasteiger partial charge < -0.3 is 4.74 Å². The molecule has 0 fully saturated rings. The SMILES string of the molecule is COc1cc2nc(CF)c(Cl)nc2cn1. The third-order valence-corrected chi connectivity index (χ3v) is 2.19. The highest BCUT2D eigenvalue weighted by atomic mass is 35.5. The van der Waals surface area contributed by atoms with E-state index in [0.29, 0.717) is 16.9 Å². The van der Waals surface area contributed by atoms with E-state index in [9.17, 15) is 4.39 Å². The summed E-state index contributed by atoms with van der Waals surface area (Å²) >= 11 is 5.70. The van der Waals surface area contributed by atoms with Crippen LogP contribution in [-0.2, 0) is 6.67 Å². The minimum atomic E-state index is -0.744. The van der Waals surface area contributed by atoms with Gasteiger partial charge in [-0.3, -0.25) is 0 Å². The lowest BCUT2D eigenvalue weighted by molar-refractivity contribution is 0.398. The zero-order chi connectivity index (χ0) is 10.8. The summed E-state index contributed by atoms with van der Waals surface area (Å²) in [5.74, 6) is 0.406. The summed E-state index contributed by atoms with van der Waals surface area (Å²) in [6.07, 6.45) is 1.48. The van der Waals surface area contributed by atoms with Crippen LogP contribution in [0.5, 0.6) is 5.88 Å². The Morgan fingerprint density at radius 3 is 2.87 bits per heavy atom. The Balaban J connectivity index is 2.66. The van der Waals surface area contributed by atoms with Gasteiger partial charge in [0.15, 0.2) is 5.15 Å². The van der Waals surface area contributed by atoms with Crippen LogP contribution in [0.15, 0.2) is 12.3 Å². The topological polar surface area (TPSA) is 47.9 Å². The smallest absolute Gasteiger partial charge is 0.215 e. The number of rotatable bonds is 2. The fourth-order valence-corrected chi connectivity index (χ4v) is 1.34. The largest absolute Gasteiger partial charge is 0.481 e. The maximum atomic E-state index is 12.5. The van der Waals surface area contributed by atoms with E-state index in [2.05, 4.69) is 15.0 Å². The van der Waals surface area contributed by atoms with Crippen molar-refractivity contribution in [1.29, 1.82) is 0 Å². The van der Waals surface area contributed by atoms with Gasteiger partial charge in [0.25, 0.3) is 0 Å². The second-order valence-electron chi connectivity index (χ2n) is 2.81. The first-order valence-electron chi connectivity index (χ1n) is 4.16. The van der Waals surface area contributed by atoms with Crippen LogP contribution in [0.2, 0.25) is 5.15 Å². The number of halogens is 2. The van der Waals surface area contributed by atoms with Gasteiger partial charge in [-0.15, -0.1) is 0 Å². The highest BCUT2D eigenvalue weighted by Gasteiger charge is 2.07. The fourth-order valence-electron chi connectivity index (χ4n) is 1.15. The quantitative estimate of drug-likeness (QED) is 0.789. The lowest BCUT2D eigenvalue weighted by atomic mass is 10.3. The van der Waals surface area contributed by atoms with Crippen molar-refractivity contribution < 1.29 is 9.13 Å². The molecule has 78 valence electrons. The van der Waals surface area contributed by atoms with Crippen LogP contribution in [0.4, 0.5) is 4.39 Å². The third kappa shape index (κ3) is 1.83. The molecule has 2 heterocycles. The Hall–Kier alpha value is -1.49. The molecule has 2 rings (SSSR count). The Bertz CT molecular complexity index is 506. The molecule has 0 aliphatic carbocycles. The number of methoxy groups -OCH3 is 1. The number of alkyl halides is 1. The van der Waals surface area contributed by atoms with Gasteiger partial charge in [-0.2, -0.15) is 0 Å². The van der Waals surface area contributed by atoms with E-state index in [4.69, 9.17) is 16.3 Å². The molecular formula is C9H7ClFN3O. The van der Waals surface area contributed by atoms with Crippen molar-refractivity contribution in [2.24, 2.45) is 0 Å². The van der Waals surface area contributed by atoms with Crippen LogP contribution in [0.1, 0.15) is 5.69 Å². The highest BCUT2D eigenvalue weighted by molar-refractivity contribution is 6.30. The molecule has 0 atom stereocenters. The molecular weight excluding hydrogens is 221 g/mol. The van der Waals surface area contributed by atoms with Gasteiger partial charge in [0.1, 0.15) is 17.9 Å². The molecule has 0 spiro atoms. The zero-order valence-corrected chi connectivity index (χ0v) is 8.62.